The molecule has 21 heavy (non-hydrogen) atoms. The number of amides is 1. The Morgan fingerprint density at radius 3 is 2.71 bits per heavy atom. The molecule has 0 spiro atoms. The molecule has 1 aliphatic heterocycles. The number of aryl methyl sites for hydroxylation is 2. The zero-order valence-electron chi connectivity index (χ0n) is 13.0. The molecule has 1 amide bonds. The number of carbonyl (C=O) groups is 1. The van der Waals surface area contributed by atoms with Crippen LogP contribution >= 0.6 is 0 Å². The van der Waals surface area contributed by atoms with E-state index < -0.39 is 0 Å². The first-order valence-electron chi connectivity index (χ1n) is 7.41. The van der Waals surface area contributed by atoms with Gasteiger partial charge in [0.25, 0.3) is 0 Å². The van der Waals surface area contributed by atoms with E-state index in [-0.39, 0.29) is 17.9 Å². The molecule has 0 saturated carbocycles. The summed E-state index contributed by atoms with van der Waals surface area (Å²) in [5.41, 5.74) is 4.84. The molecule has 0 aliphatic carbocycles. The van der Waals surface area contributed by atoms with Crippen molar-refractivity contribution in [1.29, 1.82) is 0 Å². The second-order valence-corrected chi connectivity index (χ2v) is 6.14. The standard InChI is InChI=1S/C17H21N3O/c1-10(2)20-17-15(9-18-20)14(8-16(21)19-17)13-6-5-11(3)12(4)7-13/h5-7,9-10,14H,8H2,1-4H3,(H,19,21)/t14-/m0/s1. The molecule has 4 heteroatoms. The zero-order chi connectivity index (χ0) is 15.1. The summed E-state index contributed by atoms with van der Waals surface area (Å²) >= 11 is 0. The number of benzene rings is 1. The highest BCUT2D eigenvalue weighted by molar-refractivity contribution is 5.94. The second-order valence-electron chi connectivity index (χ2n) is 6.14. The van der Waals surface area contributed by atoms with Crippen LogP contribution in [0.3, 0.4) is 0 Å². The van der Waals surface area contributed by atoms with Gasteiger partial charge < -0.3 is 5.32 Å². The van der Waals surface area contributed by atoms with Crippen molar-refractivity contribution in [2.45, 2.75) is 46.1 Å². The highest BCUT2D eigenvalue weighted by Crippen LogP contribution is 2.38. The molecule has 0 unspecified atom stereocenters. The smallest absolute Gasteiger partial charge is 0.226 e. The molecule has 110 valence electrons. The lowest BCUT2D eigenvalue weighted by Gasteiger charge is -2.25. The number of fused-ring (bicyclic) bond motifs is 1. The van der Waals surface area contributed by atoms with Gasteiger partial charge in [0.2, 0.25) is 5.91 Å². The van der Waals surface area contributed by atoms with E-state index in [1.54, 1.807) is 0 Å². The molecule has 1 N–H and O–H groups in total. The Kier molecular flexibility index (Phi) is 3.32. The van der Waals surface area contributed by atoms with Crippen molar-refractivity contribution in [1.82, 2.24) is 9.78 Å². The Hall–Kier alpha value is -2.10. The highest BCUT2D eigenvalue weighted by Gasteiger charge is 2.30. The fourth-order valence-electron chi connectivity index (χ4n) is 2.91. The van der Waals surface area contributed by atoms with Crippen LogP contribution in [0.5, 0.6) is 0 Å². The van der Waals surface area contributed by atoms with Crippen LogP contribution in [0.4, 0.5) is 5.82 Å². The van der Waals surface area contributed by atoms with E-state index in [4.69, 9.17) is 0 Å². The third-order valence-electron chi connectivity index (χ3n) is 4.27. The summed E-state index contributed by atoms with van der Waals surface area (Å²) in [4.78, 5) is 12.1. The first kappa shape index (κ1) is 13.9. The highest BCUT2D eigenvalue weighted by atomic mass is 16.1. The maximum Gasteiger partial charge on any atom is 0.226 e. The summed E-state index contributed by atoms with van der Waals surface area (Å²) < 4.78 is 1.89. The molecule has 0 radical (unpaired) electrons. The summed E-state index contributed by atoms with van der Waals surface area (Å²) in [6.45, 7) is 8.35. The lowest BCUT2D eigenvalue weighted by Crippen LogP contribution is -2.25. The van der Waals surface area contributed by atoms with Crippen molar-refractivity contribution in [2.75, 3.05) is 5.32 Å². The molecule has 4 nitrogen and oxygen atoms in total. The summed E-state index contributed by atoms with van der Waals surface area (Å²) in [6.07, 6.45) is 2.38. The second kappa shape index (κ2) is 5.02. The number of hydrogen-bond donors (Lipinski definition) is 1. The predicted octanol–water partition coefficient (Wildman–Crippen LogP) is 3.55. The minimum Gasteiger partial charge on any atom is -0.311 e. The molecule has 1 aromatic heterocycles. The number of anilines is 1. The van der Waals surface area contributed by atoms with E-state index in [9.17, 15) is 4.79 Å². The number of nitrogens with zero attached hydrogens (tertiary/aromatic N) is 2. The van der Waals surface area contributed by atoms with Crippen molar-refractivity contribution in [3.05, 3.63) is 46.6 Å². The van der Waals surface area contributed by atoms with Crippen LogP contribution in [0.25, 0.3) is 0 Å². The van der Waals surface area contributed by atoms with Gasteiger partial charge in [0.15, 0.2) is 0 Å². The molecular weight excluding hydrogens is 262 g/mol. The molecule has 0 bridgehead atoms. The molecule has 3 rings (SSSR count). The van der Waals surface area contributed by atoms with Gasteiger partial charge in [-0.05, 0) is 44.4 Å². The molecule has 2 heterocycles. The van der Waals surface area contributed by atoms with E-state index in [1.807, 2.05) is 10.9 Å². The maximum atomic E-state index is 12.1. The van der Waals surface area contributed by atoms with Crippen LogP contribution in [0.15, 0.2) is 24.4 Å². The molecule has 2 aromatic rings. The zero-order valence-corrected chi connectivity index (χ0v) is 13.0. The average molecular weight is 283 g/mol. The van der Waals surface area contributed by atoms with Gasteiger partial charge in [-0.1, -0.05) is 18.2 Å². The van der Waals surface area contributed by atoms with Gasteiger partial charge in [-0.2, -0.15) is 5.10 Å². The first-order valence-corrected chi connectivity index (χ1v) is 7.41. The van der Waals surface area contributed by atoms with Crippen LogP contribution in [0.2, 0.25) is 0 Å². The van der Waals surface area contributed by atoms with E-state index in [0.717, 1.165) is 11.4 Å². The van der Waals surface area contributed by atoms with Crippen molar-refractivity contribution in [3.8, 4) is 0 Å². The molecular formula is C17H21N3O. The first-order chi connectivity index (χ1) is 9.97. The number of carbonyl (C=O) groups excluding carboxylic acids is 1. The monoisotopic (exact) mass is 283 g/mol. The average Bonchev–Trinajstić information content (AvgIpc) is 2.84. The Balaban J connectivity index is 2.09. The molecule has 0 saturated heterocycles. The van der Waals surface area contributed by atoms with E-state index >= 15 is 0 Å². The Morgan fingerprint density at radius 2 is 2.05 bits per heavy atom. The van der Waals surface area contributed by atoms with Gasteiger partial charge in [-0.3, -0.25) is 4.79 Å². The largest absolute Gasteiger partial charge is 0.311 e. The SMILES string of the molecule is Cc1ccc([C@@H]2CC(=O)Nc3c2cnn3C(C)C)cc1C. The lowest BCUT2D eigenvalue weighted by molar-refractivity contribution is -0.116. The lowest BCUT2D eigenvalue weighted by atomic mass is 9.86. The molecule has 0 fully saturated rings. The van der Waals surface area contributed by atoms with Crippen molar-refractivity contribution in [3.63, 3.8) is 0 Å². The molecule has 1 aliphatic rings. The van der Waals surface area contributed by atoms with Crippen molar-refractivity contribution < 1.29 is 4.79 Å². The van der Waals surface area contributed by atoms with Gasteiger partial charge in [-0.25, -0.2) is 4.68 Å². The Labute approximate surface area is 125 Å². The van der Waals surface area contributed by atoms with Gasteiger partial charge in [-0.15, -0.1) is 0 Å². The number of rotatable bonds is 2. The van der Waals surface area contributed by atoms with Gasteiger partial charge in [0.05, 0.1) is 6.20 Å². The maximum absolute atomic E-state index is 12.1. The number of nitrogens with one attached hydrogen (secondary N) is 1. The fraction of sp³-hybridized carbons (Fsp3) is 0.412. The van der Waals surface area contributed by atoms with Crippen LogP contribution < -0.4 is 5.32 Å². The minimum atomic E-state index is 0.0631. The fourth-order valence-corrected chi connectivity index (χ4v) is 2.91. The Morgan fingerprint density at radius 1 is 1.29 bits per heavy atom. The molecule has 1 aromatic carbocycles. The van der Waals surface area contributed by atoms with Crippen LogP contribution in [-0.2, 0) is 4.79 Å². The molecule has 1 atom stereocenters. The topological polar surface area (TPSA) is 46.9 Å². The minimum absolute atomic E-state index is 0.0631. The van der Waals surface area contributed by atoms with Crippen LogP contribution in [0, 0.1) is 13.8 Å². The van der Waals surface area contributed by atoms with Gasteiger partial charge in [0.1, 0.15) is 5.82 Å². The summed E-state index contributed by atoms with van der Waals surface area (Å²) in [5, 5.41) is 7.43. The van der Waals surface area contributed by atoms with Crippen molar-refractivity contribution in [2.24, 2.45) is 0 Å². The summed E-state index contributed by atoms with van der Waals surface area (Å²) in [6, 6.07) is 6.67. The van der Waals surface area contributed by atoms with Crippen LogP contribution in [0.1, 0.15) is 54.5 Å². The number of aromatic nitrogens is 2. The summed E-state index contributed by atoms with van der Waals surface area (Å²) in [5.74, 6) is 1.01. The third kappa shape index (κ3) is 2.35. The predicted molar refractivity (Wildman–Crippen MR) is 83.6 cm³/mol. The van der Waals surface area contributed by atoms with E-state index in [0.29, 0.717) is 6.42 Å². The van der Waals surface area contributed by atoms with Gasteiger partial charge >= 0.3 is 0 Å². The van der Waals surface area contributed by atoms with Gasteiger partial charge in [0, 0.05) is 23.9 Å². The third-order valence-corrected chi connectivity index (χ3v) is 4.27. The van der Waals surface area contributed by atoms with E-state index in [2.05, 4.69) is 56.3 Å². The number of hydrogen-bond acceptors (Lipinski definition) is 2. The quantitative estimate of drug-likeness (QED) is 0.916. The normalized spacial score (nSPS) is 17.8. The Bertz CT molecular complexity index is 700. The van der Waals surface area contributed by atoms with Crippen molar-refractivity contribution >= 4 is 11.7 Å². The van der Waals surface area contributed by atoms with E-state index in [1.165, 1.54) is 16.7 Å². The summed E-state index contributed by atoms with van der Waals surface area (Å²) in [7, 11) is 0. The van der Waals surface area contributed by atoms with Crippen LogP contribution in [-0.4, -0.2) is 15.7 Å².